The molecule has 566 valence electrons. The molecule has 0 spiro atoms. The lowest BCUT2D eigenvalue weighted by Gasteiger charge is -2.32. The highest BCUT2D eigenvalue weighted by molar-refractivity contribution is 7.98. The number of H-pyrrole nitrogens is 1. The van der Waals surface area contributed by atoms with E-state index in [0.717, 1.165) is 4.90 Å². The number of ether oxygens (including phenoxy) is 5. The Hall–Kier alpha value is -7.68. The SMILES string of the molecule is CC[C@H](C)[C@@H]1CC(=O)CNC(=O)[C@H]2CC(=O)[C@H]([C@@H](C)[C@@H](O)CO)NC(=O)[C@@H]3C[C@@H](O)CN3C(=O)[C@H](CC(N)=O)NC(=O)[C@H](CS(=O)c3[nH]c4c(CSCCCCNC(=O)CCOCCOCCOCCOCCN5C=C(CN6C(=O)CC(C)C6=O)NN5)c(OC)ccc4c3C2)NC(=O)CNC1=O. The highest BCUT2D eigenvalue weighted by atomic mass is 32.2. The summed E-state index contributed by atoms with van der Waals surface area (Å²) in [6.07, 6.45) is -1.98. The van der Waals surface area contributed by atoms with E-state index >= 15 is 9.00 Å². The van der Waals surface area contributed by atoms with E-state index in [1.165, 1.54) is 30.7 Å². The Morgan fingerprint density at radius 1 is 0.833 bits per heavy atom. The van der Waals surface area contributed by atoms with Gasteiger partial charge in [-0.25, -0.2) is 0 Å². The van der Waals surface area contributed by atoms with Gasteiger partial charge in [0.2, 0.25) is 59.1 Å². The maximum atomic E-state index is 15.4. The topological polar surface area (TPSA) is 477 Å². The summed E-state index contributed by atoms with van der Waals surface area (Å²) in [5.41, 5.74) is 13.4. The molecule has 1 aromatic carbocycles. The van der Waals surface area contributed by atoms with Crippen molar-refractivity contribution in [2.45, 2.75) is 139 Å². The summed E-state index contributed by atoms with van der Waals surface area (Å²) in [5.74, 6) is -12.9. The van der Waals surface area contributed by atoms with E-state index in [0.29, 0.717) is 106 Å². The number of methoxy groups -OCH3 is 1. The molecule has 7 rings (SSSR count). The Morgan fingerprint density at radius 2 is 1.53 bits per heavy atom. The van der Waals surface area contributed by atoms with Gasteiger partial charge in [0.1, 0.15) is 28.9 Å². The first-order valence-electron chi connectivity index (χ1n) is 34.5. The number of nitrogens with zero attached hydrogens (tertiary/aromatic N) is 3. The van der Waals surface area contributed by atoms with E-state index < -0.39 is 181 Å². The number of Topliss-reactive ketones (excluding diaryl/α,β-unsaturated/α-hetero) is 2. The number of nitrogens with two attached hydrogens (primary N) is 1. The number of imide groups is 1. The number of likely N-dealkylation sites (tertiary alicyclic amines) is 1. The van der Waals surface area contributed by atoms with Gasteiger partial charge in [-0.05, 0) is 48.6 Å². The predicted octanol–water partition coefficient (Wildman–Crippen LogP) is -3.29. The number of fused-ring (bicyclic) bond motifs is 5. The molecule has 34 nitrogen and oxygen atoms in total. The van der Waals surface area contributed by atoms with Crippen LogP contribution in [0.1, 0.15) is 96.6 Å². The minimum Gasteiger partial charge on any atom is -0.496 e. The van der Waals surface area contributed by atoms with E-state index in [1.807, 2.05) is 0 Å². The number of hydrogen-bond donors (Lipinski definition) is 13. The van der Waals surface area contributed by atoms with Gasteiger partial charge < -0.3 is 91.9 Å². The number of nitrogens with one attached hydrogen (secondary N) is 9. The Bertz CT molecular complexity index is 3380. The monoisotopic (exact) mass is 1470 g/mol. The maximum Gasteiger partial charge on any atom is 0.246 e. The number of aromatic amines is 1. The second-order valence-electron chi connectivity index (χ2n) is 26.0. The first-order valence-corrected chi connectivity index (χ1v) is 36.9. The number of primary amides is 1. The zero-order valence-corrected chi connectivity index (χ0v) is 59.9. The van der Waals surface area contributed by atoms with Crippen molar-refractivity contribution >= 4 is 104 Å². The number of amides is 10. The van der Waals surface area contributed by atoms with Gasteiger partial charge in [-0.1, -0.05) is 34.1 Å². The number of thioether (sulfide) groups is 1. The van der Waals surface area contributed by atoms with Crippen molar-refractivity contribution in [1.82, 2.24) is 62.7 Å². The molecule has 36 heteroatoms. The molecule has 0 radical (unpaired) electrons. The number of aliphatic hydroxyl groups excluding tert-OH is 3. The lowest BCUT2D eigenvalue weighted by Crippen LogP contribution is -2.60. The maximum absolute atomic E-state index is 15.4. The molecule has 1 aromatic heterocycles. The van der Waals surface area contributed by atoms with Crippen LogP contribution in [0.5, 0.6) is 5.75 Å². The van der Waals surface area contributed by atoms with E-state index in [-0.39, 0.29) is 79.0 Å². The second-order valence-corrected chi connectivity index (χ2v) is 28.6. The molecule has 2 aromatic rings. The molecule has 14 N–H and O–H groups in total. The van der Waals surface area contributed by atoms with Crippen LogP contribution in [0.15, 0.2) is 29.1 Å². The van der Waals surface area contributed by atoms with Crippen LogP contribution in [0.4, 0.5) is 0 Å². The van der Waals surface area contributed by atoms with E-state index in [4.69, 9.17) is 29.4 Å². The van der Waals surface area contributed by atoms with Gasteiger partial charge in [-0.15, -0.1) is 5.53 Å². The number of benzene rings is 1. The van der Waals surface area contributed by atoms with E-state index in [9.17, 15) is 68.1 Å². The summed E-state index contributed by atoms with van der Waals surface area (Å²) in [4.78, 5) is 170. The molecule has 0 saturated carbocycles. The molecule has 2 saturated heterocycles. The van der Waals surface area contributed by atoms with E-state index in [1.54, 1.807) is 44.1 Å². The van der Waals surface area contributed by atoms with Gasteiger partial charge in [0, 0.05) is 91.8 Å². The van der Waals surface area contributed by atoms with Gasteiger partial charge in [0.05, 0.1) is 145 Å². The van der Waals surface area contributed by atoms with Crippen molar-refractivity contribution in [3.05, 3.63) is 35.2 Å². The summed E-state index contributed by atoms with van der Waals surface area (Å²) in [5, 5.41) is 49.7. The summed E-state index contributed by atoms with van der Waals surface area (Å²) in [7, 11) is -0.968. The van der Waals surface area contributed by atoms with Crippen molar-refractivity contribution in [2.75, 3.05) is 117 Å². The zero-order valence-electron chi connectivity index (χ0n) is 58.3. The number of ketones is 2. The molecule has 6 heterocycles. The number of unbranched alkanes of at least 4 members (excludes halogenated alkanes) is 1. The van der Waals surface area contributed by atoms with E-state index in [2.05, 4.69) is 47.8 Å². The van der Waals surface area contributed by atoms with Crippen molar-refractivity contribution in [2.24, 2.45) is 35.3 Å². The highest BCUT2D eigenvalue weighted by Gasteiger charge is 2.46. The molecule has 2 unspecified atom stereocenters. The second kappa shape index (κ2) is 40.4. The highest BCUT2D eigenvalue weighted by Crippen LogP contribution is 2.38. The summed E-state index contributed by atoms with van der Waals surface area (Å²) in [6.45, 7) is 7.49. The van der Waals surface area contributed by atoms with Crippen LogP contribution in [0.3, 0.4) is 0 Å². The third-order valence-electron chi connectivity index (χ3n) is 18.5. The molecule has 2 bridgehead atoms. The Kier molecular flexibility index (Phi) is 32.3. The molecule has 10 amide bonds. The number of rotatable bonds is 32. The molecule has 5 aliphatic heterocycles. The molecular formula is C66H99N13O21S2. The number of hydrogen-bond acceptors (Lipinski definition) is 25. The smallest absolute Gasteiger partial charge is 0.246 e. The summed E-state index contributed by atoms with van der Waals surface area (Å²) in [6, 6.07) is -3.67. The summed E-state index contributed by atoms with van der Waals surface area (Å²) < 4.78 is 43.6. The minimum atomic E-state index is -2.42. The fraction of sp³-hybridized carbons (Fsp3) is 0.667. The van der Waals surface area contributed by atoms with Gasteiger partial charge in [0.15, 0.2) is 11.6 Å². The molecule has 2 fully saturated rings. The summed E-state index contributed by atoms with van der Waals surface area (Å²) >= 11 is 1.51. The lowest BCUT2D eigenvalue weighted by molar-refractivity contribution is -0.144. The molecule has 12 atom stereocenters. The number of aliphatic hydroxyl groups is 3. The first-order chi connectivity index (χ1) is 48.8. The van der Waals surface area contributed by atoms with Crippen LogP contribution in [-0.2, 0) is 99.5 Å². The quantitative estimate of drug-likeness (QED) is 0.0252. The van der Waals surface area contributed by atoms with Gasteiger partial charge >= 0.3 is 0 Å². The standard InChI is InChI=1S/C66H99N13O21S2/c1-6-37(2)45-26-42(81)29-69-60(89)40-24-46-44-9-10-53(96-5)47(35-101-22-8-7-12-68-55(86)11-14-97-16-18-99-20-21-100-19-17-98-15-13-77-31-41(75-76-77)32-79-57(88)23-38(3)65(79)93)59(44)74-64(46)102(95)36-49(71-56(87)30-70-61(45)90)62(91)72-48(28-54(67)85)66(94)78-33-43(82)27-50(78)63(92)73-58(51(83)25-40)39(4)52(84)34-80/h9-10,31,37-40,43,45,48-50,52,58,74-76,80,82,84H,6-8,11-30,32-36H2,1-5H3,(H2,67,85)(H,68,86)(H,69,89)(H,70,90)(H,71,87)(H,72,91)(H,73,92)/t37-,38?,39-,40+,43+,45-,48-,49-,50-,52-,58-,102?/m0/s1. The first kappa shape index (κ1) is 81.6. The van der Waals surface area contributed by atoms with Crippen LogP contribution in [0.25, 0.3) is 10.9 Å². The fourth-order valence-corrected chi connectivity index (χ4v) is 14.8. The van der Waals surface area contributed by atoms with Gasteiger partial charge in [-0.3, -0.25) is 71.7 Å². The van der Waals surface area contributed by atoms with Crippen molar-refractivity contribution in [3.8, 4) is 5.75 Å². The van der Waals surface area contributed by atoms with Crippen LogP contribution >= 0.6 is 11.8 Å². The molecule has 0 aliphatic carbocycles. The average Bonchev–Trinajstić information content (AvgIpc) is 1.61. The third kappa shape index (κ3) is 23.4. The Balaban J connectivity index is 0.996. The van der Waals surface area contributed by atoms with Crippen LogP contribution < -0.4 is 53.3 Å². The largest absolute Gasteiger partial charge is 0.496 e. The number of hydrazine groups is 2. The molecular weight excluding hydrogens is 1370 g/mol. The van der Waals surface area contributed by atoms with Crippen LogP contribution in [0, 0.1) is 29.6 Å². The normalized spacial score (nSPS) is 24.6. The molecule has 5 aliphatic rings. The van der Waals surface area contributed by atoms with Crippen molar-refractivity contribution < 1.29 is 101 Å². The number of aromatic nitrogens is 1. The molecule has 102 heavy (non-hydrogen) atoms. The van der Waals surface area contributed by atoms with Crippen LogP contribution in [0.2, 0.25) is 0 Å². The number of carbonyl (C=O) groups is 12. The predicted molar refractivity (Wildman–Crippen MR) is 367 cm³/mol. The van der Waals surface area contributed by atoms with Crippen LogP contribution in [-0.4, -0.2) is 264 Å². The number of carbonyl (C=O) groups excluding carboxylic acids is 12. The fourth-order valence-electron chi connectivity index (χ4n) is 12.4. The minimum absolute atomic E-state index is 0.0891. The van der Waals surface area contributed by atoms with Crippen molar-refractivity contribution in [3.63, 3.8) is 0 Å². The van der Waals surface area contributed by atoms with Crippen molar-refractivity contribution in [1.29, 1.82) is 0 Å². The lowest BCUT2D eigenvalue weighted by atomic mass is 9.85. The zero-order chi connectivity index (χ0) is 74.2. The van der Waals surface area contributed by atoms with Gasteiger partial charge in [0.25, 0.3) is 0 Å². The average molecular weight is 1470 g/mol. The van der Waals surface area contributed by atoms with Gasteiger partial charge in [-0.2, -0.15) is 11.8 Å². The Morgan fingerprint density at radius 3 is 2.20 bits per heavy atom. The Labute approximate surface area is 597 Å². The third-order valence-corrected chi connectivity index (χ3v) is 21.0.